The van der Waals surface area contributed by atoms with Crippen LogP contribution in [0.3, 0.4) is 0 Å². The highest BCUT2D eigenvalue weighted by atomic mass is 35.5. The van der Waals surface area contributed by atoms with Gasteiger partial charge in [0, 0.05) is 36.8 Å². The fraction of sp³-hybridized carbons (Fsp3) is 0.444. The smallest absolute Gasteiger partial charge is 0.251 e. The highest BCUT2D eigenvalue weighted by Gasteiger charge is 2.10. The molecular weight excluding hydrogens is 542 g/mol. The maximum absolute atomic E-state index is 12.3. The molecule has 2 amide bonds. The third-order valence-electron chi connectivity index (χ3n) is 5.11. The van der Waals surface area contributed by atoms with Crippen molar-refractivity contribution in [2.75, 3.05) is 32.7 Å². The van der Waals surface area contributed by atoms with Crippen LogP contribution in [0.2, 0.25) is 5.02 Å². The van der Waals surface area contributed by atoms with Crippen LogP contribution in [0.25, 0.3) is 10.8 Å². The molecule has 3 aromatic carbocycles. The number of nitrogens with zero attached hydrogens (tertiary/aromatic N) is 1. The van der Waals surface area contributed by atoms with Crippen LogP contribution in [-0.2, 0) is 4.79 Å². The monoisotopic (exact) mass is 599 g/mol. The van der Waals surface area contributed by atoms with E-state index in [1.165, 1.54) is 0 Å². The largest absolute Gasteiger partial charge is 0.351 e. The Kier molecular flexibility index (Phi) is 33.4. The van der Waals surface area contributed by atoms with Crippen LogP contribution in [0.15, 0.2) is 85.5 Å². The minimum atomic E-state index is -0.127. The molecule has 0 aliphatic heterocycles. The molecule has 0 bridgehead atoms. The van der Waals surface area contributed by atoms with E-state index in [1.807, 2.05) is 127 Å². The van der Waals surface area contributed by atoms with Gasteiger partial charge in [0.15, 0.2) is 0 Å². The van der Waals surface area contributed by atoms with Gasteiger partial charge in [-0.2, -0.15) is 0 Å². The zero-order valence-electron chi connectivity index (χ0n) is 27.8. The molecule has 236 valence electrons. The lowest BCUT2D eigenvalue weighted by atomic mass is 10.1. The molecule has 5 nitrogen and oxygen atoms in total. The summed E-state index contributed by atoms with van der Waals surface area (Å²) in [5.41, 5.74) is 0.609. The molecule has 0 aromatic heterocycles. The maximum atomic E-state index is 12.3. The predicted molar refractivity (Wildman–Crippen MR) is 188 cm³/mol. The lowest BCUT2D eigenvalue weighted by Crippen LogP contribution is -2.41. The van der Waals surface area contributed by atoms with Crippen LogP contribution in [0.4, 0.5) is 0 Å². The molecule has 0 radical (unpaired) electrons. The van der Waals surface area contributed by atoms with Gasteiger partial charge in [0.1, 0.15) is 0 Å². The molecule has 3 aromatic rings. The first-order chi connectivity index (χ1) is 20.5. The molecule has 0 aliphatic carbocycles. The molecule has 0 spiro atoms. The van der Waals surface area contributed by atoms with Crippen molar-refractivity contribution in [1.82, 2.24) is 15.5 Å². The number of hydrogen-bond donors (Lipinski definition) is 2. The summed E-state index contributed by atoms with van der Waals surface area (Å²) >= 11 is 5.98. The first-order valence-electron chi connectivity index (χ1n) is 15.5. The summed E-state index contributed by atoms with van der Waals surface area (Å²) in [5, 5.41) is 8.63. The maximum Gasteiger partial charge on any atom is 0.251 e. The van der Waals surface area contributed by atoms with Crippen LogP contribution < -0.4 is 10.6 Å². The van der Waals surface area contributed by atoms with Crippen molar-refractivity contribution in [1.29, 1.82) is 0 Å². The van der Waals surface area contributed by atoms with Gasteiger partial charge in [0.2, 0.25) is 5.91 Å². The summed E-state index contributed by atoms with van der Waals surface area (Å²) in [5.74, 6) is -0.0245. The SMILES string of the molecule is C=CC.CC.CC.CC.CCCCN(CC)C(=O)CNCCNC(=O)c1ccc2cc(Cl)ccc2c1.c1ccccc1. The van der Waals surface area contributed by atoms with E-state index in [1.54, 1.807) is 12.1 Å². The Morgan fingerprint density at radius 1 is 0.833 bits per heavy atom. The average molecular weight is 600 g/mol. The predicted octanol–water partition coefficient (Wildman–Crippen LogP) is 9.42. The fourth-order valence-corrected chi connectivity index (χ4v) is 3.41. The van der Waals surface area contributed by atoms with Gasteiger partial charge >= 0.3 is 0 Å². The molecule has 0 saturated heterocycles. The third-order valence-corrected chi connectivity index (χ3v) is 5.35. The van der Waals surface area contributed by atoms with E-state index in [4.69, 9.17) is 11.6 Å². The Morgan fingerprint density at radius 3 is 1.83 bits per heavy atom. The molecular formula is C36H58ClN3O2. The minimum absolute atomic E-state index is 0.102. The van der Waals surface area contributed by atoms with Crippen molar-refractivity contribution in [3.63, 3.8) is 0 Å². The van der Waals surface area contributed by atoms with Crippen molar-refractivity contribution in [2.45, 2.75) is 75.2 Å². The number of fused-ring (bicyclic) bond motifs is 1. The first kappa shape index (κ1) is 43.3. The summed E-state index contributed by atoms with van der Waals surface area (Å²) in [6, 6.07) is 23.1. The van der Waals surface area contributed by atoms with Crippen LogP contribution in [-0.4, -0.2) is 49.4 Å². The topological polar surface area (TPSA) is 61.4 Å². The average Bonchev–Trinajstić information content (AvgIpc) is 3.05. The zero-order valence-corrected chi connectivity index (χ0v) is 28.6. The molecule has 42 heavy (non-hydrogen) atoms. The lowest BCUT2D eigenvalue weighted by Gasteiger charge is -2.20. The molecule has 3 rings (SSSR count). The van der Waals surface area contributed by atoms with Gasteiger partial charge in [0.05, 0.1) is 6.54 Å². The number of benzene rings is 3. The van der Waals surface area contributed by atoms with Crippen molar-refractivity contribution >= 4 is 34.2 Å². The first-order valence-corrected chi connectivity index (χ1v) is 15.9. The van der Waals surface area contributed by atoms with Gasteiger partial charge in [-0.25, -0.2) is 0 Å². The zero-order chi connectivity index (χ0) is 32.6. The van der Waals surface area contributed by atoms with E-state index in [2.05, 4.69) is 24.1 Å². The normalized spacial score (nSPS) is 8.81. The number of unbranched alkanes of at least 4 members (excludes halogenated alkanes) is 1. The quantitative estimate of drug-likeness (QED) is 0.180. The fourth-order valence-electron chi connectivity index (χ4n) is 3.22. The molecule has 0 fully saturated rings. The van der Waals surface area contributed by atoms with Gasteiger partial charge < -0.3 is 15.5 Å². The van der Waals surface area contributed by atoms with Gasteiger partial charge in [-0.05, 0) is 55.3 Å². The second-order valence-electron chi connectivity index (χ2n) is 8.03. The Balaban J connectivity index is -0.000000842. The number of amides is 2. The lowest BCUT2D eigenvalue weighted by molar-refractivity contribution is -0.130. The summed E-state index contributed by atoms with van der Waals surface area (Å²) in [4.78, 5) is 26.3. The van der Waals surface area contributed by atoms with Gasteiger partial charge in [-0.1, -0.05) is 121 Å². The van der Waals surface area contributed by atoms with E-state index >= 15 is 0 Å². The summed E-state index contributed by atoms with van der Waals surface area (Å²) in [6.45, 7) is 24.2. The van der Waals surface area contributed by atoms with E-state index in [9.17, 15) is 9.59 Å². The van der Waals surface area contributed by atoms with E-state index in [0.29, 0.717) is 30.2 Å². The van der Waals surface area contributed by atoms with Crippen molar-refractivity contribution in [3.05, 3.63) is 96.0 Å². The molecule has 6 heteroatoms. The Morgan fingerprint density at radius 2 is 1.33 bits per heavy atom. The summed E-state index contributed by atoms with van der Waals surface area (Å²) in [6.07, 6.45) is 3.85. The van der Waals surface area contributed by atoms with Gasteiger partial charge in [-0.15, -0.1) is 6.58 Å². The second-order valence-corrected chi connectivity index (χ2v) is 8.47. The van der Waals surface area contributed by atoms with E-state index < -0.39 is 0 Å². The number of hydrogen-bond acceptors (Lipinski definition) is 3. The van der Waals surface area contributed by atoms with E-state index in [0.717, 1.165) is 36.7 Å². The minimum Gasteiger partial charge on any atom is -0.351 e. The highest BCUT2D eigenvalue weighted by molar-refractivity contribution is 6.31. The summed E-state index contributed by atoms with van der Waals surface area (Å²) in [7, 11) is 0. The number of rotatable bonds is 10. The number of nitrogens with one attached hydrogen (secondary N) is 2. The molecule has 2 N–H and O–H groups in total. The van der Waals surface area contributed by atoms with Gasteiger partial charge in [0.25, 0.3) is 5.91 Å². The van der Waals surface area contributed by atoms with Crippen LogP contribution >= 0.6 is 11.6 Å². The third kappa shape index (κ3) is 21.6. The Hall–Kier alpha value is -3.15. The summed E-state index contributed by atoms with van der Waals surface area (Å²) < 4.78 is 0. The highest BCUT2D eigenvalue weighted by Crippen LogP contribution is 2.20. The van der Waals surface area contributed by atoms with Crippen LogP contribution in [0.1, 0.15) is 85.5 Å². The van der Waals surface area contributed by atoms with Crippen LogP contribution in [0, 0.1) is 0 Å². The number of halogens is 1. The Labute approximate surface area is 262 Å². The number of carbonyl (C=O) groups excluding carboxylic acids is 2. The van der Waals surface area contributed by atoms with Crippen molar-refractivity contribution in [3.8, 4) is 0 Å². The molecule has 0 atom stereocenters. The van der Waals surface area contributed by atoms with Gasteiger partial charge in [-0.3, -0.25) is 9.59 Å². The van der Waals surface area contributed by atoms with Crippen LogP contribution in [0.5, 0.6) is 0 Å². The molecule has 0 unspecified atom stereocenters. The number of likely N-dealkylation sites (N-methyl/N-ethyl adjacent to an activating group) is 1. The number of allylic oxidation sites excluding steroid dienone is 1. The molecule has 0 aliphatic rings. The molecule has 0 saturated carbocycles. The van der Waals surface area contributed by atoms with Crippen molar-refractivity contribution in [2.24, 2.45) is 0 Å². The van der Waals surface area contributed by atoms with E-state index in [-0.39, 0.29) is 11.8 Å². The van der Waals surface area contributed by atoms with Crippen molar-refractivity contribution < 1.29 is 9.59 Å². The Bertz CT molecular complexity index is 1020. The second kappa shape index (κ2) is 32.4. The number of carbonyl (C=O) groups is 2. The standard InChI is InChI=1S/C21H28ClN3O2.C6H6.C3H6.3C2H6/c1-3-5-12-25(4-2)20(26)15-23-10-11-24-21(27)18-7-6-17-14-19(22)9-8-16(17)13-18;1-2-4-6-5-3-1;1-3-2;3*1-2/h6-9,13-14,23H,3-5,10-12,15H2,1-2H3,(H,24,27);1-6H;3H,1H2,2H3;3*1-2H3. The molecule has 0 heterocycles.